The molecule has 7 nitrogen and oxygen atoms in total. The number of benzene rings is 1. The lowest BCUT2D eigenvalue weighted by Crippen LogP contribution is -2.33. The van der Waals surface area contributed by atoms with E-state index >= 15 is 0 Å². The van der Waals surface area contributed by atoms with E-state index in [0.717, 1.165) is 25.9 Å². The summed E-state index contributed by atoms with van der Waals surface area (Å²) >= 11 is 0. The number of amides is 1. The molecule has 1 aliphatic rings. The number of nitrogens with one attached hydrogen (secondary N) is 2. The maximum Gasteiger partial charge on any atom is 0.292 e. The van der Waals surface area contributed by atoms with Gasteiger partial charge in [0.2, 0.25) is 5.91 Å². The molecule has 0 radical (unpaired) electrons. The number of carbonyl (C=O) groups is 1. The van der Waals surface area contributed by atoms with Crippen LogP contribution < -0.4 is 10.6 Å². The molecule has 1 saturated heterocycles. The van der Waals surface area contributed by atoms with Crippen molar-refractivity contribution in [2.24, 2.45) is 0 Å². The van der Waals surface area contributed by atoms with E-state index in [4.69, 9.17) is 4.74 Å². The molecule has 0 atom stereocenters. The summed E-state index contributed by atoms with van der Waals surface area (Å²) in [5, 5.41) is 16.6. The third-order valence-electron chi connectivity index (χ3n) is 3.34. The second-order valence-electron chi connectivity index (χ2n) is 4.89. The number of nitro groups is 1. The van der Waals surface area contributed by atoms with Gasteiger partial charge in [0.25, 0.3) is 5.69 Å². The zero-order valence-electron chi connectivity index (χ0n) is 11.7. The van der Waals surface area contributed by atoms with Crippen molar-refractivity contribution in [2.75, 3.05) is 25.0 Å². The summed E-state index contributed by atoms with van der Waals surface area (Å²) in [4.78, 5) is 22.1. The molecule has 1 amide bonds. The Morgan fingerprint density at radius 3 is 2.81 bits per heavy atom. The van der Waals surface area contributed by atoms with Crippen molar-refractivity contribution >= 4 is 17.3 Å². The monoisotopic (exact) mass is 293 g/mol. The molecule has 7 heteroatoms. The molecule has 1 aromatic rings. The van der Waals surface area contributed by atoms with Crippen molar-refractivity contribution in [3.05, 3.63) is 34.4 Å². The van der Waals surface area contributed by atoms with Crippen LogP contribution in [0.3, 0.4) is 0 Å². The highest BCUT2D eigenvalue weighted by molar-refractivity contribution is 5.93. The fourth-order valence-corrected chi connectivity index (χ4v) is 2.23. The third kappa shape index (κ3) is 4.80. The molecular weight excluding hydrogens is 274 g/mol. The Labute approximate surface area is 122 Å². The lowest BCUT2D eigenvalue weighted by Gasteiger charge is -2.22. The van der Waals surface area contributed by atoms with Gasteiger partial charge in [-0.2, -0.15) is 0 Å². The van der Waals surface area contributed by atoms with Crippen LogP contribution in [0, 0.1) is 10.1 Å². The number of para-hydroxylation sites is 2. The Morgan fingerprint density at radius 2 is 2.10 bits per heavy atom. The minimum Gasteiger partial charge on any atom is -0.378 e. The normalized spacial score (nSPS) is 15.6. The van der Waals surface area contributed by atoms with Crippen LogP contribution in [0.5, 0.6) is 0 Å². The molecule has 2 rings (SSSR count). The average molecular weight is 293 g/mol. The van der Waals surface area contributed by atoms with Gasteiger partial charge >= 0.3 is 0 Å². The Kier molecular flexibility index (Phi) is 5.65. The quantitative estimate of drug-likeness (QED) is 0.615. The van der Waals surface area contributed by atoms with Gasteiger partial charge in [-0.1, -0.05) is 12.1 Å². The number of carbonyl (C=O) groups excluding carboxylic acids is 1. The molecule has 21 heavy (non-hydrogen) atoms. The highest BCUT2D eigenvalue weighted by Gasteiger charge is 2.16. The molecule has 1 aliphatic heterocycles. The van der Waals surface area contributed by atoms with Crippen LogP contribution in [0.2, 0.25) is 0 Å². The second-order valence-corrected chi connectivity index (χ2v) is 4.89. The predicted molar refractivity (Wildman–Crippen MR) is 78.2 cm³/mol. The van der Waals surface area contributed by atoms with E-state index in [9.17, 15) is 14.9 Å². The van der Waals surface area contributed by atoms with Gasteiger partial charge in [-0.25, -0.2) is 0 Å². The van der Waals surface area contributed by atoms with Crippen LogP contribution in [0.4, 0.5) is 11.4 Å². The van der Waals surface area contributed by atoms with Gasteiger partial charge in [-0.3, -0.25) is 14.9 Å². The summed E-state index contributed by atoms with van der Waals surface area (Å²) in [5.41, 5.74) is 0.111. The molecule has 0 bridgehead atoms. The largest absolute Gasteiger partial charge is 0.378 e. The van der Waals surface area contributed by atoms with E-state index in [0.29, 0.717) is 6.61 Å². The van der Waals surface area contributed by atoms with E-state index < -0.39 is 4.92 Å². The zero-order chi connectivity index (χ0) is 15.1. The first kappa shape index (κ1) is 15.4. The standard InChI is InChI=1S/C14H19N3O4/c18-14(7-10-21-11-5-8-15-9-6-11)16-12-3-1-2-4-13(12)17(19)20/h1-4,11,15H,5-10H2,(H,16,18). The van der Waals surface area contributed by atoms with Crippen LogP contribution in [-0.2, 0) is 9.53 Å². The van der Waals surface area contributed by atoms with Crippen LogP contribution in [0.1, 0.15) is 19.3 Å². The smallest absolute Gasteiger partial charge is 0.292 e. The summed E-state index contributed by atoms with van der Waals surface area (Å²) in [6.45, 7) is 2.21. The Bertz CT molecular complexity index is 501. The predicted octanol–water partition coefficient (Wildman–Crippen LogP) is 1.69. The van der Waals surface area contributed by atoms with E-state index in [1.54, 1.807) is 12.1 Å². The van der Waals surface area contributed by atoms with Crippen LogP contribution in [-0.4, -0.2) is 36.6 Å². The maximum absolute atomic E-state index is 11.8. The van der Waals surface area contributed by atoms with E-state index in [1.165, 1.54) is 12.1 Å². The molecule has 1 aromatic carbocycles. The first-order valence-electron chi connectivity index (χ1n) is 7.02. The minimum absolute atomic E-state index is 0.106. The maximum atomic E-state index is 11.8. The number of hydrogen-bond donors (Lipinski definition) is 2. The van der Waals surface area contributed by atoms with Crippen LogP contribution >= 0.6 is 0 Å². The van der Waals surface area contributed by atoms with Crippen molar-refractivity contribution in [1.29, 1.82) is 0 Å². The van der Waals surface area contributed by atoms with Gasteiger partial charge in [-0.15, -0.1) is 0 Å². The number of hydrogen-bond acceptors (Lipinski definition) is 5. The molecule has 0 saturated carbocycles. The van der Waals surface area contributed by atoms with Crippen molar-refractivity contribution < 1.29 is 14.5 Å². The number of anilines is 1. The molecule has 0 aromatic heterocycles. The van der Waals surface area contributed by atoms with Crippen molar-refractivity contribution in [1.82, 2.24) is 5.32 Å². The highest BCUT2D eigenvalue weighted by Crippen LogP contribution is 2.23. The Morgan fingerprint density at radius 1 is 1.38 bits per heavy atom. The average Bonchev–Trinajstić information content (AvgIpc) is 2.48. The fourth-order valence-electron chi connectivity index (χ4n) is 2.23. The lowest BCUT2D eigenvalue weighted by atomic mass is 10.1. The Balaban J connectivity index is 1.78. The number of ether oxygens (including phenoxy) is 1. The van der Waals surface area contributed by atoms with E-state index in [-0.39, 0.29) is 29.8 Å². The number of rotatable bonds is 6. The van der Waals surface area contributed by atoms with Gasteiger partial charge in [0, 0.05) is 6.07 Å². The molecule has 0 unspecified atom stereocenters. The molecule has 0 spiro atoms. The van der Waals surface area contributed by atoms with Crippen LogP contribution in [0.25, 0.3) is 0 Å². The van der Waals surface area contributed by atoms with Crippen molar-refractivity contribution in [3.63, 3.8) is 0 Å². The van der Waals surface area contributed by atoms with Gasteiger partial charge in [-0.05, 0) is 32.0 Å². The lowest BCUT2D eigenvalue weighted by molar-refractivity contribution is -0.383. The molecule has 1 fully saturated rings. The summed E-state index contributed by atoms with van der Waals surface area (Å²) in [6, 6.07) is 6.09. The summed E-state index contributed by atoms with van der Waals surface area (Å²) in [6.07, 6.45) is 2.29. The van der Waals surface area contributed by atoms with Gasteiger partial charge in [0.05, 0.1) is 24.1 Å². The Hall–Kier alpha value is -1.99. The van der Waals surface area contributed by atoms with Gasteiger partial charge in [0.1, 0.15) is 5.69 Å². The molecule has 2 N–H and O–H groups in total. The van der Waals surface area contributed by atoms with Gasteiger partial charge < -0.3 is 15.4 Å². The molecular formula is C14H19N3O4. The first-order chi connectivity index (χ1) is 10.2. The van der Waals surface area contributed by atoms with Crippen LogP contribution in [0.15, 0.2) is 24.3 Å². The zero-order valence-corrected chi connectivity index (χ0v) is 11.7. The van der Waals surface area contributed by atoms with E-state index in [2.05, 4.69) is 10.6 Å². The molecule has 0 aliphatic carbocycles. The third-order valence-corrected chi connectivity index (χ3v) is 3.34. The molecule has 1 heterocycles. The summed E-state index contributed by atoms with van der Waals surface area (Å²) < 4.78 is 5.63. The molecule has 114 valence electrons. The topological polar surface area (TPSA) is 93.5 Å². The second kappa shape index (κ2) is 7.70. The first-order valence-corrected chi connectivity index (χ1v) is 7.02. The number of piperidine rings is 1. The van der Waals surface area contributed by atoms with Crippen molar-refractivity contribution in [2.45, 2.75) is 25.4 Å². The summed E-state index contributed by atoms with van der Waals surface area (Å²) in [7, 11) is 0. The summed E-state index contributed by atoms with van der Waals surface area (Å²) in [5.74, 6) is -0.279. The van der Waals surface area contributed by atoms with Gasteiger partial charge in [0.15, 0.2) is 0 Å². The fraction of sp³-hybridized carbons (Fsp3) is 0.500. The van der Waals surface area contributed by atoms with E-state index in [1.807, 2.05) is 0 Å². The minimum atomic E-state index is -0.513. The number of nitrogens with zero attached hydrogens (tertiary/aromatic N) is 1. The SMILES string of the molecule is O=C(CCOC1CCNCC1)Nc1ccccc1[N+](=O)[O-]. The van der Waals surface area contributed by atoms with Crippen molar-refractivity contribution in [3.8, 4) is 0 Å². The number of nitro benzene ring substituents is 1. The highest BCUT2D eigenvalue weighted by atomic mass is 16.6.